The van der Waals surface area contributed by atoms with Gasteiger partial charge in [0.15, 0.2) is 5.82 Å². The van der Waals surface area contributed by atoms with E-state index in [2.05, 4.69) is 21.6 Å². The molecule has 0 aliphatic rings. The van der Waals surface area contributed by atoms with Gasteiger partial charge in [0, 0.05) is 13.1 Å². The molecular formula is C12H13N5O. The van der Waals surface area contributed by atoms with Crippen molar-refractivity contribution < 1.29 is 4.74 Å². The highest BCUT2D eigenvalue weighted by Crippen LogP contribution is 2.22. The van der Waals surface area contributed by atoms with Gasteiger partial charge in [-0.25, -0.2) is 0 Å². The van der Waals surface area contributed by atoms with Crippen LogP contribution in [-0.4, -0.2) is 21.9 Å². The highest BCUT2D eigenvalue weighted by Gasteiger charge is 2.06. The van der Waals surface area contributed by atoms with Crippen molar-refractivity contribution in [3.63, 3.8) is 0 Å². The molecule has 0 bridgehead atoms. The summed E-state index contributed by atoms with van der Waals surface area (Å²) >= 11 is 0. The highest BCUT2D eigenvalue weighted by atomic mass is 16.5. The maximum atomic E-state index is 9.03. The Bertz CT molecular complexity index is 584. The van der Waals surface area contributed by atoms with Gasteiger partial charge in [-0.3, -0.25) is 0 Å². The number of aryl methyl sites for hydroxylation is 1. The predicted molar refractivity (Wildman–Crippen MR) is 66.0 cm³/mol. The number of rotatable bonds is 4. The number of hydrogen-bond donors (Lipinski definition) is 1. The van der Waals surface area contributed by atoms with Crippen molar-refractivity contribution in [3.8, 4) is 11.8 Å². The van der Waals surface area contributed by atoms with E-state index in [1.807, 2.05) is 11.6 Å². The van der Waals surface area contributed by atoms with Crippen molar-refractivity contribution in [2.24, 2.45) is 7.05 Å². The molecule has 0 radical (unpaired) electrons. The highest BCUT2D eigenvalue weighted by molar-refractivity contribution is 5.60. The van der Waals surface area contributed by atoms with E-state index in [1.54, 1.807) is 31.6 Å². The first-order chi connectivity index (χ1) is 8.74. The molecule has 2 aromatic rings. The minimum absolute atomic E-state index is 0.498. The average Bonchev–Trinajstić information content (AvgIpc) is 2.81. The molecule has 92 valence electrons. The Labute approximate surface area is 105 Å². The second kappa shape index (κ2) is 5.19. The van der Waals surface area contributed by atoms with Crippen LogP contribution in [0.15, 0.2) is 24.5 Å². The summed E-state index contributed by atoms with van der Waals surface area (Å²) < 4.78 is 6.95. The molecule has 0 amide bonds. The zero-order chi connectivity index (χ0) is 13.0. The minimum Gasteiger partial charge on any atom is -0.497 e. The van der Waals surface area contributed by atoms with Gasteiger partial charge in [-0.2, -0.15) is 5.26 Å². The van der Waals surface area contributed by atoms with Crippen LogP contribution < -0.4 is 10.1 Å². The van der Waals surface area contributed by atoms with Crippen LogP contribution >= 0.6 is 0 Å². The number of methoxy groups -OCH3 is 1. The largest absolute Gasteiger partial charge is 0.497 e. The van der Waals surface area contributed by atoms with Gasteiger partial charge >= 0.3 is 0 Å². The number of benzene rings is 1. The number of aromatic nitrogens is 3. The Balaban J connectivity index is 2.18. The van der Waals surface area contributed by atoms with Gasteiger partial charge in [0.25, 0.3) is 0 Å². The lowest BCUT2D eigenvalue weighted by Crippen LogP contribution is -2.06. The number of nitrogens with one attached hydrogen (secondary N) is 1. The van der Waals surface area contributed by atoms with Crippen molar-refractivity contribution in [1.82, 2.24) is 14.8 Å². The van der Waals surface area contributed by atoms with Crippen LogP contribution in [0.5, 0.6) is 5.75 Å². The molecule has 1 aromatic carbocycles. The summed E-state index contributed by atoms with van der Waals surface area (Å²) in [5, 5.41) is 19.9. The molecule has 6 nitrogen and oxygen atoms in total. The zero-order valence-corrected chi connectivity index (χ0v) is 10.2. The Morgan fingerprint density at radius 3 is 2.94 bits per heavy atom. The number of nitriles is 1. The van der Waals surface area contributed by atoms with Crippen LogP contribution in [0.4, 0.5) is 5.69 Å². The lowest BCUT2D eigenvalue weighted by molar-refractivity contribution is 0.415. The molecule has 1 heterocycles. The molecule has 1 aromatic heterocycles. The van der Waals surface area contributed by atoms with E-state index < -0.39 is 0 Å². The zero-order valence-electron chi connectivity index (χ0n) is 10.2. The van der Waals surface area contributed by atoms with Crippen LogP contribution in [0.3, 0.4) is 0 Å². The molecule has 0 spiro atoms. The Hall–Kier alpha value is -2.55. The van der Waals surface area contributed by atoms with Gasteiger partial charge in [-0.05, 0) is 12.1 Å². The average molecular weight is 243 g/mol. The van der Waals surface area contributed by atoms with E-state index in [-0.39, 0.29) is 0 Å². The molecule has 0 aliphatic carbocycles. The molecule has 0 saturated heterocycles. The fourth-order valence-corrected chi connectivity index (χ4v) is 1.54. The first kappa shape index (κ1) is 11.9. The van der Waals surface area contributed by atoms with Crippen molar-refractivity contribution >= 4 is 5.69 Å². The van der Waals surface area contributed by atoms with Crippen molar-refractivity contribution in [1.29, 1.82) is 5.26 Å². The van der Waals surface area contributed by atoms with E-state index in [9.17, 15) is 0 Å². The van der Waals surface area contributed by atoms with Crippen LogP contribution in [0.25, 0.3) is 0 Å². The second-order valence-corrected chi connectivity index (χ2v) is 3.73. The molecule has 0 unspecified atom stereocenters. The molecule has 0 fully saturated rings. The molecule has 0 atom stereocenters. The summed E-state index contributed by atoms with van der Waals surface area (Å²) in [7, 11) is 3.46. The fourth-order valence-electron chi connectivity index (χ4n) is 1.54. The predicted octanol–water partition coefficient (Wildman–Crippen LogP) is 1.31. The molecule has 2 rings (SSSR count). The smallest absolute Gasteiger partial charge is 0.151 e. The quantitative estimate of drug-likeness (QED) is 0.876. The summed E-state index contributed by atoms with van der Waals surface area (Å²) in [6.07, 6.45) is 1.63. The second-order valence-electron chi connectivity index (χ2n) is 3.73. The Morgan fingerprint density at radius 2 is 2.33 bits per heavy atom. The van der Waals surface area contributed by atoms with Gasteiger partial charge in [-0.15, -0.1) is 10.2 Å². The third-order valence-electron chi connectivity index (χ3n) is 2.59. The summed E-state index contributed by atoms with van der Waals surface area (Å²) in [5.74, 6) is 1.50. The van der Waals surface area contributed by atoms with Crippen LogP contribution in [0.1, 0.15) is 11.4 Å². The maximum absolute atomic E-state index is 9.03. The molecule has 6 heteroatoms. The van der Waals surface area contributed by atoms with E-state index in [4.69, 9.17) is 10.00 Å². The molecular weight excluding hydrogens is 230 g/mol. The number of hydrogen-bond acceptors (Lipinski definition) is 5. The third-order valence-corrected chi connectivity index (χ3v) is 2.59. The summed E-state index contributed by atoms with van der Waals surface area (Å²) in [6, 6.07) is 7.39. The standard InChI is InChI=1S/C12H13N5O/c1-17-8-15-16-12(17)7-14-11-5-10(18-2)4-3-9(11)6-13/h3-5,8,14H,7H2,1-2H3. The summed E-state index contributed by atoms with van der Waals surface area (Å²) in [6.45, 7) is 0.498. The molecule has 1 N–H and O–H groups in total. The lowest BCUT2D eigenvalue weighted by atomic mass is 10.2. The first-order valence-electron chi connectivity index (χ1n) is 5.39. The normalized spacial score (nSPS) is 9.83. The minimum atomic E-state index is 0.498. The van der Waals surface area contributed by atoms with Gasteiger partial charge in [0.05, 0.1) is 24.9 Å². The Morgan fingerprint density at radius 1 is 1.50 bits per heavy atom. The number of anilines is 1. The van der Waals surface area contributed by atoms with Crippen molar-refractivity contribution in [2.45, 2.75) is 6.54 Å². The van der Waals surface area contributed by atoms with E-state index >= 15 is 0 Å². The van der Waals surface area contributed by atoms with E-state index in [0.717, 1.165) is 11.5 Å². The van der Waals surface area contributed by atoms with Crippen LogP contribution in [0, 0.1) is 11.3 Å². The van der Waals surface area contributed by atoms with E-state index in [1.165, 1.54) is 0 Å². The van der Waals surface area contributed by atoms with Crippen LogP contribution in [-0.2, 0) is 13.6 Å². The van der Waals surface area contributed by atoms with E-state index in [0.29, 0.717) is 17.9 Å². The first-order valence-corrected chi connectivity index (χ1v) is 5.39. The fraction of sp³-hybridized carbons (Fsp3) is 0.250. The van der Waals surface area contributed by atoms with Gasteiger partial charge in [0.2, 0.25) is 0 Å². The van der Waals surface area contributed by atoms with Crippen molar-refractivity contribution in [2.75, 3.05) is 12.4 Å². The number of nitrogens with zero attached hydrogens (tertiary/aromatic N) is 4. The van der Waals surface area contributed by atoms with Crippen LogP contribution in [0.2, 0.25) is 0 Å². The Kier molecular flexibility index (Phi) is 3.44. The lowest BCUT2D eigenvalue weighted by Gasteiger charge is -2.09. The monoisotopic (exact) mass is 243 g/mol. The summed E-state index contributed by atoms with van der Waals surface area (Å²) in [4.78, 5) is 0. The van der Waals surface area contributed by atoms with Gasteiger partial charge in [0.1, 0.15) is 18.1 Å². The molecule has 18 heavy (non-hydrogen) atoms. The molecule has 0 aliphatic heterocycles. The van der Waals surface area contributed by atoms with Gasteiger partial charge in [-0.1, -0.05) is 0 Å². The maximum Gasteiger partial charge on any atom is 0.151 e. The molecule has 0 saturated carbocycles. The van der Waals surface area contributed by atoms with Gasteiger partial charge < -0.3 is 14.6 Å². The topological polar surface area (TPSA) is 75.8 Å². The SMILES string of the molecule is COc1ccc(C#N)c(NCc2nncn2C)c1. The summed E-state index contributed by atoms with van der Waals surface area (Å²) in [5.41, 5.74) is 1.29. The van der Waals surface area contributed by atoms with Crippen molar-refractivity contribution in [3.05, 3.63) is 35.9 Å². The number of ether oxygens (including phenoxy) is 1. The third kappa shape index (κ3) is 2.40.